The van der Waals surface area contributed by atoms with E-state index in [1.54, 1.807) is 0 Å². The van der Waals surface area contributed by atoms with Gasteiger partial charge in [0, 0.05) is 30.4 Å². The van der Waals surface area contributed by atoms with Crippen LogP contribution < -0.4 is 20.5 Å². The van der Waals surface area contributed by atoms with E-state index in [0.717, 1.165) is 43.5 Å². The van der Waals surface area contributed by atoms with Crippen molar-refractivity contribution in [1.82, 2.24) is 4.98 Å². The Hall–Kier alpha value is -3.66. The van der Waals surface area contributed by atoms with Crippen molar-refractivity contribution < 1.29 is 31.8 Å². The van der Waals surface area contributed by atoms with Crippen molar-refractivity contribution in [2.45, 2.75) is 31.4 Å². The van der Waals surface area contributed by atoms with Crippen LogP contribution in [0.5, 0.6) is 11.5 Å². The average molecular weight is 475 g/mol. The quantitative estimate of drug-likeness (QED) is 0.499. The summed E-state index contributed by atoms with van der Waals surface area (Å²) in [6, 6.07) is 4.58. The van der Waals surface area contributed by atoms with Gasteiger partial charge < -0.3 is 20.5 Å². The van der Waals surface area contributed by atoms with Gasteiger partial charge in [-0.3, -0.25) is 9.78 Å². The molecule has 34 heavy (non-hydrogen) atoms. The smallest absolute Gasteiger partial charge is 0.258 e. The third-order valence-corrected chi connectivity index (χ3v) is 5.65. The van der Waals surface area contributed by atoms with E-state index in [-0.39, 0.29) is 29.3 Å². The van der Waals surface area contributed by atoms with Gasteiger partial charge in [0.15, 0.2) is 0 Å². The molecule has 1 aliphatic rings. The lowest BCUT2D eigenvalue weighted by atomic mass is 9.99. The van der Waals surface area contributed by atoms with Gasteiger partial charge in [0.1, 0.15) is 46.6 Å². The molecule has 0 bridgehead atoms. The summed E-state index contributed by atoms with van der Waals surface area (Å²) in [4.78, 5) is 16.8. The second kappa shape index (κ2) is 9.68. The summed E-state index contributed by atoms with van der Waals surface area (Å²) in [6.07, 6.45) is 4.95. The van der Waals surface area contributed by atoms with Crippen LogP contribution in [0.1, 0.15) is 29.6 Å². The molecule has 0 spiro atoms. The first-order valence-electron chi connectivity index (χ1n) is 10.5. The summed E-state index contributed by atoms with van der Waals surface area (Å²) >= 11 is 0. The molecule has 4 rings (SSSR count). The highest BCUT2D eigenvalue weighted by atomic mass is 19.1. The lowest BCUT2D eigenvalue weighted by molar-refractivity contribution is 0.102. The minimum Gasteiger partial charge on any atom is -0.497 e. The molecule has 1 heterocycles. The number of hydrogen-bond donors (Lipinski definition) is 2. The SMILES string of the molecule is COc1cc(F)c(-c2c(F)ccc(C(=O)Nc3cnccc3O[C@H]3CCC[C@@H]3N)c2F)c(F)c1. The molecule has 2 aromatic carbocycles. The number of nitrogens with two attached hydrogens (primary N) is 1. The molecule has 1 aromatic heterocycles. The Morgan fingerprint density at radius 1 is 1.06 bits per heavy atom. The van der Waals surface area contributed by atoms with E-state index in [1.807, 2.05) is 0 Å². The fourth-order valence-electron chi connectivity index (χ4n) is 3.90. The third-order valence-electron chi connectivity index (χ3n) is 5.65. The van der Waals surface area contributed by atoms with Crippen LogP contribution in [0.4, 0.5) is 23.2 Å². The number of nitrogens with one attached hydrogen (secondary N) is 1. The van der Waals surface area contributed by atoms with Gasteiger partial charge in [0.2, 0.25) is 0 Å². The standard InChI is InChI=1S/C24H21F4N3O3/c1-33-12-9-15(26)21(16(27)10-12)22-14(25)6-5-13(23(22)28)24(32)31-18-11-30-8-7-20(18)34-19-4-2-3-17(19)29/h5-11,17,19H,2-4,29H2,1H3,(H,31,32)/t17-,19-/m0/s1. The number of rotatable bonds is 6. The summed E-state index contributed by atoms with van der Waals surface area (Å²) in [5.74, 6) is -6.03. The Kier molecular flexibility index (Phi) is 6.69. The first kappa shape index (κ1) is 23.5. The number of amides is 1. The summed E-state index contributed by atoms with van der Waals surface area (Å²) in [7, 11) is 1.19. The number of pyridine rings is 1. The summed E-state index contributed by atoms with van der Waals surface area (Å²) in [5.41, 5.74) is 3.58. The number of hydrogen-bond acceptors (Lipinski definition) is 5. The number of anilines is 1. The van der Waals surface area contributed by atoms with Crippen LogP contribution in [0.15, 0.2) is 42.7 Å². The second-order valence-corrected chi connectivity index (χ2v) is 7.83. The fraction of sp³-hybridized carbons (Fsp3) is 0.250. The van der Waals surface area contributed by atoms with Crippen LogP contribution in [0, 0.1) is 23.3 Å². The van der Waals surface area contributed by atoms with E-state index in [0.29, 0.717) is 0 Å². The Balaban J connectivity index is 1.67. The molecule has 0 unspecified atom stereocenters. The van der Waals surface area contributed by atoms with Crippen molar-refractivity contribution in [3.05, 3.63) is 71.6 Å². The molecular formula is C24H21F4N3O3. The molecule has 1 saturated carbocycles. The van der Waals surface area contributed by atoms with E-state index in [9.17, 15) is 18.0 Å². The molecule has 3 N–H and O–H groups in total. The van der Waals surface area contributed by atoms with Gasteiger partial charge in [-0.15, -0.1) is 0 Å². The minimum atomic E-state index is -1.43. The number of nitrogens with zero attached hydrogens (tertiary/aromatic N) is 1. The highest BCUT2D eigenvalue weighted by Gasteiger charge is 2.28. The fourth-order valence-corrected chi connectivity index (χ4v) is 3.90. The molecule has 1 amide bonds. The van der Waals surface area contributed by atoms with Crippen molar-refractivity contribution >= 4 is 11.6 Å². The maximum Gasteiger partial charge on any atom is 0.258 e. The maximum absolute atomic E-state index is 15.3. The predicted molar refractivity (Wildman–Crippen MR) is 117 cm³/mol. The van der Waals surface area contributed by atoms with Crippen molar-refractivity contribution in [3.8, 4) is 22.6 Å². The van der Waals surface area contributed by atoms with Gasteiger partial charge in [-0.25, -0.2) is 17.6 Å². The van der Waals surface area contributed by atoms with Gasteiger partial charge >= 0.3 is 0 Å². The molecule has 2 atom stereocenters. The molecule has 10 heteroatoms. The van der Waals surface area contributed by atoms with Crippen LogP contribution >= 0.6 is 0 Å². The Morgan fingerprint density at radius 2 is 1.79 bits per heavy atom. The topological polar surface area (TPSA) is 86.5 Å². The zero-order chi connectivity index (χ0) is 24.4. The van der Waals surface area contributed by atoms with E-state index in [2.05, 4.69) is 10.3 Å². The van der Waals surface area contributed by atoms with E-state index in [1.165, 1.54) is 25.6 Å². The van der Waals surface area contributed by atoms with E-state index in [4.69, 9.17) is 15.2 Å². The molecular weight excluding hydrogens is 454 g/mol. The van der Waals surface area contributed by atoms with Gasteiger partial charge in [-0.05, 0) is 31.4 Å². The lowest BCUT2D eigenvalue weighted by Gasteiger charge is -2.20. The largest absolute Gasteiger partial charge is 0.497 e. The van der Waals surface area contributed by atoms with Gasteiger partial charge in [-0.1, -0.05) is 0 Å². The van der Waals surface area contributed by atoms with E-state index < -0.39 is 45.9 Å². The molecule has 1 fully saturated rings. The van der Waals surface area contributed by atoms with Crippen molar-refractivity contribution in [1.29, 1.82) is 0 Å². The Morgan fingerprint density at radius 3 is 2.44 bits per heavy atom. The van der Waals surface area contributed by atoms with Crippen molar-refractivity contribution in [2.24, 2.45) is 5.73 Å². The van der Waals surface area contributed by atoms with Crippen LogP contribution in [-0.2, 0) is 0 Å². The highest BCUT2D eigenvalue weighted by molar-refractivity contribution is 6.06. The number of halogens is 4. The second-order valence-electron chi connectivity index (χ2n) is 7.83. The van der Waals surface area contributed by atoms with Crippen molar-refractivity contribution in [2.75, 3.05) is 12.4 Å². The first-order chi connectivity index (χ1) is 16.3. The molecule has 0 saturated heterocycles. The Bertz CT molecular complexity index is 1220. The van der Waals surface area contributed by atoms with E-state index >= 15 is 4.39 Å². The summed E-state index contributed by atoms with van der Waals surface area (Å²) in [5, 5.41) is 2.46. The maximum atomic E-state index is 15.3. The molecule has 0 aliphatic heterocycles. The zero-order valence-corrected chi connectivity index (χ0v) is 18.1. The first-order valence-corrected chi connectivity index (χ1v) is 10.5. The van der Waals surface area contributed by atoms with Crippen molar-refractivity contribution in [3.63, 3.8) is 0 Å². The number of carbonyl (C=O) groups is 1. The number of aromatic nitrogens is 1. The van der Waals surface area contributed by atoms with Crippen LogP contribution in [0.3, 0.4) is 0 Å². The van der Waals surface area contributed by atoms with Crippen LogP contribution in [0.25, 0.3) is 11.1 Å². The average Bonchev–Trinajstić information content (AvgIpc) is 3.20. The minimum absolute atomic E-state index is 0.138. The summed E-state index contributed by atoms with van der Waals surface area (Å²) < 4.78 is 69.5. The van der Waals surface area contributed by atoms with Gasteiger partial charge in [0.05, 0.1) is 30.0 Å². The molecule has 0 radical (unpaired) electrons. The molecule has 3 aromatic rings. The monoisotopic (exact) mass is 475 g/mol. The normalized spacial score (nSPS) is 17.5. The number of carbonyl (C=O) groups excluding carboxylic acids is 1. The molecule has 6 nitrogen and oxygen atoms in total. The third kappa shape index (κ3) is 4.54. The molecule has 1 aliphatic carbocycles. The number of methoxy groups -OCH3 is 1. The van der Waals surface area contributed by atoms with Crippen LogP contribution in [0.2, 0.25) is 0 Å². The lowest BCUT2D eigenvalue weighted by Crippen LogP contribution is -2.33. The number of ether oxygens (including phenoxy) is 2. The number of benzene rings is 2. The van der Waals surface area contributed by atoms with Crippen LogP contribution in [-0.4, -0.2) is 30.1 Å². The van der Waals surface area contributed by atoms with Gasteiger partial charge in [0.25, 0.3) is 5.91 Å². The Labute approximate surface area is 192 Å². The summed E-state index contributed by atoms with van der Waals surface area (Å²) in [6.45, 7) is 0. The van der Waals surface area contributed by atoms with Gasteiger partial charge in [-0.2, -0.15) is 0 Å². The highest BCUT2D eigenvalue weighted by Crippen LogP contribution is 2.35. The predicted octanol–water partition coefficient (Wildman–Crippen LogP) is 4.82. The zero-order valence-electron chi connectivity index (χ0n) is 18.1. The molecule has 178 valence electrons.